The highest BCUT2D eigenvalue weighted by Gasteiger charge is 2.25. The molecule has 2 aromatic rings. The van der Waals surface area contributed by atoms with Crippen molar-refractivity contribution in [3.8, 4) is 0 Å². The van der Waals surface area contributed by atoms with Gasteiger partial charge in [0.2, 0.25) is 0 Å². The van der Waals surface area contributed by atoms with Crippen LogP contribution in [0.4, 0.5) is 15.8 Å². The second-order valence-electron chi connectivity index (χ2n) is 5.43. The van der Waals surface area contributed by atoms with Crippen LogP contribution in [0.3, 0.4) is 0 Å². The zero-order chi connectivity index (χ0) is 15.0. The maximum absolute atomic E-state index is 14.0. The van der Waals surface area contributed by atoms with Crippen LogP contribution in [0.2, 0.25) is 0 Å². The topological polar surface area (TPSA) is 46.3 Å². The van der Waals surface area contributed by atoms with Gasteiger partial charge in [-0.05, 0) is 61.2 Å². The van der Waals surface area contributed by atoms with E-state index in [-0.39, 0.29) is 11.5 Å². The van der Waals surface area contributed by atoms with Crippen LogP contribution in [0.25, 0.3) is 0 Å². The average Bonchev–Trinajstić information content (AvgIpc) is 2.45. The van der Waals surface area contributed by atoms with Crippen LogP contribution in [0.5, 0.6) is 0 Å². The molecule has 3 nitrogen and oxygen atoms in total. The number of carbonyl (C=O) groups excluding carboxylic acids is 1. The van der Waals surface area contributed by atoms with Gasteiger partial charge in [0, 0.05) is 17.9 Å². The van der Waals surface area contributed by atoms with Crippen molar-refractivity contribution in [2.24, 2.45) is 0 Å². The molecule has 3 rings (SSSR count). The Kier molecular flexibility index (Phi) is 3.37. The molecule has 108 valence electrons. The number of halogens is 1. The van der Waals surface area contributed by atoms with Crippen molar-refractivity contribution in [2.45, 2.75) is 19.8 Å². The van der Waals surface area contributed by atoms with Crippen molar-refractivity contribution in [3.05, 3.63) is 58.9 Å². The minimum Gasteiger partial charge on any atom is -0.399 e. The van der Waals surface area contributed by atoms with Gasteiger partial charge < -0.3 is 10.6 Å². The van der Waals surface area contributed by atoms with Gasteiger partial charge in [0.25, 0.3) is 5.91 Å². The largest absolute Gasteiger partial charge is 0.399 e. The number of benzene rings is 2. The van der Waals surface area contributed by atoms with Crippen LogP contribution < -0.4 is 10.6 Å². The Bertz CT molecular complexity index is 712. The number of amides is 1. The van der Waals surface area contributed by atoms with Crippen LogP contribution in [-0.2, 0) is 6.42 Å². The molecule has 0 saturated heterocycles. The molecule has 2 aromatic carbocycles. The molecule has 0 atom stereocenters. The lowest BCUT2D eigenvalue weighted by molar-refractivity contribution is 0.0981. The second-order valence-corrected chi connectivity index (χ2v) is 5.43. The highest BCUT2D eigenvalue weighted by Crippen LogP contribution is 2.30. The first-order valence-corrected chi connectivity index (χ1v) is 7.02. The Morgan fingerprint density at radius 3 is 2.81 bits per heavy atom. The van der Waals surface area contributed by atoms with Crippen LogP contribution in [0.15, 0.2) is 36.4 Å². The van der Waals surface area contributed by atoms with E-state index in [9.17, 15) is 9.18 Å². The number of aryl methyl sites for hydroxylation is 2. The molecule has 1 amide bonds. The summed E-state index contributed by atoms with van der Waals surface area (Å²) in [5.41, 5.74) is 9.27. The lowest BCUT2D eigenvalue weighted by Crippen LogP contribution is -2.36. The first kappa shape index (κ1) is 13.6. The van der Waals surface area contributed by atoms with Gasteiger partial charge >= 0.3 is 0 Å². The van der Waals surface area contributed by atoms with E-state index in [1.54, 1.807) is 30.0 Å². The molecule has 1 heterocycles. The number of nitrogen functional groups attached to an aromatic ring is 1. The number of carbonyl (C=O) groups is 1. The molecule has 1 aliphatic heterocycles. The van der Waals surface area contributed by atoms with E-state index < -0.39 is 5.82 Å². The number of hydrogen-bond acceptors (Lipinski definition) is 2. The van der Waals surface area contributed by atoms with E-state index in [4.69, 9.17) is 5.73 Å². The molecule has 21 heavy (non-hydrogen) atoms. The number of rotatable bonds is 1. The van der Waals surface area contributed by atoms with Gasteiger partial charge in [-0.1, -0.05) is 6.07 Å². The Hall–Kier alpha value is -2.36. The van der Waals surface area contributed by atoms with Crippen LogP contribution in [0.1, 0.15) is 27.9 Å². The van der Waals surface area contributed by atoms with Gasteiger partial charge in [-0.15, -0.1) is 0 Å². The van der Waals surface area contributed by atoms with Crippen molar-refractivity contribution in [1.29, 1.82) is 0 Å². The van der Waals surface area contributed by atoms with Crippen LogP contribution in [0, 0.1) is 12.7 Å². The molecular weight excluding hydrogens is 267 g/mol. The van der Waals surface area contributed by atoms with Gasteiger partial charge in [0.15, 0.2) is 0 Å². The number of nitrogens with zero attached hydrogens (tertiary/aromatic N) is 1. The maximum atomic E-state index is 14.0. The maximum Gasteiger partial charge on any atom is 0.261 e. The van der Waals surface area contributed by atoms with Gasteiger partial charge in [-0.25, -0.2) is 4.39 Å². The third-order valence-corrected chi connectivity index (χ3v) is 3.82. The van der Waals surface area contributed by atoms with Crippen LogP contribution in [-0.4, -0.2) is 12.5 Å². The summed E-state index contributed by atoms with van der Waals surface area (Å²) in [5, 5.41) is 0. The molecule has 4 heteroatoms. The van der Waals surface area contributed by atoms with Crippen molar-refractivity contribution in [2.75, 3.05) is 17.2 Å². The summed E-state index contributed by atoms with van der Waals surface area (Å²) in [6.07, 6.45) is 1.75. The smallest absolute Gasteiger partial charge is 0.261 e. The van der Waals surface area contributed by atoms with Gasteiger partial charge in [0.1, 0.15) is 5.82 Å². The zero-order valence-corrected chi connectivity index (χ0v) is 11.9. The van der Waals surface area contributed by atoms with Gasteiger partial charge in [0.05, 0.1) is 5.56 Å². The summed E-state index contributed by atoms with van der Waals surface area (Å²) < 4.78 is 14.0. The average molecular weight is 284 g/mol. The number of anilines is 2. The van der Waals surface area contributed by atoms with E-state index in [1.165, 1.54) is 6.07 Å². The highest BCUT2D eigenvalue weighted by atomic mass is 19.1. The second kappa shape index (κ2) is 5.20. The van der Waals surface area contributed by atoms with E-state index in [0.717, 1.165) is 29.7 Å². The minimum atomic E-state index is -0.470. The highest BCUT2D eigenvalue weighted by molar-refractivity contribution is 6.07. The quantitative estimate of drug-likeness (QED) is 0.817. The van der Waals surface area contributed by atoms with E-state index >= 15 is 0 Å². The molecule has 0 spiro atoms. The van der Waals surface area contributed by atoms with E-state index in [0.29, 0.717) is 12.2 Å². The van der Waals surface area contributed by atoms with E-state index in [2.05, 4.69) is 0 Å². The third-order valence-electron chi connectivity index (χ3n) is 3.82. The molecule has 0 bridgehead atoms. The molecule has 0 radical (unpaired) electrons. The Labute approximate surface area is 123 Å². The first-order chi connectivity index (χ1) is 10.1. The predicted octanol–water partition coefficient (Wildman–Crippen LogP) is 3.31. The summed E-state index contributed by atoms with van der Waals surface area (Å²) in [5.74, 6) is -0.763. The normalized spacial score (nSPS) is 13.9. The van der Waals surface area contributed by atoms with E-state index in [1.807, 2.05) is 12.1 Å². The summed E-state index contributed by atoms with van der Waals surface area (Å²) in [7, 11) is 0. The Morgan fingerprint density at radius 2 is 2.05 bits per heavy atom. The monoisotopic (exact) mass is 284 g/mol. The minimum absolute atomic E-state index is 0.116. The van der Waals surface area contributed by atoms with Crippen molar-refractivity contribution >= 4 is 17.3 Å². The standard InChI is InChI=1S/C17H17FN2O/c1-11-4-6-14(15(18)9-11)17(21)20-8-2-3-12-10-13(19)5-7-16(12)20/h4-7,9-10H,2-3,8,19H2,1H3. The molecule has 0 aromatic heterocycles. The summed E-state index contributed by atoms with van der Waals surface area (Å²) in [6, 6.07) is 10.2. The molecular formula is C17H17FN2O. The number of nitrogens with two attached hydrogens (primary N) is 1. The van der Waals surface area contributed by atoms with Crippen molar-refractivity contribution in [3.63, 3.8) is 0 Å². The lowest BCUT2D eigenvalue weighted by Gasteiger charge is -2.30. The van der Waals surface area contributed by atoms with Gasteiger partial charge in [-0.3, -0.25) is 4.79 Å². The SMILES string of the molecule is Cc1ccc(C(=O)N2CCCc3cc(N)ccc32)c(F)c1. The van der Waals surface area contributed by atoms with Gasteiger partial charge in [-0.2, -0.15) is 0 Å². The summed E-state index contributed by atoms with van der Waals surface area (Å²) in [6.45, 7) is 2.40. The lowest BCUT2D eigenvalue weighted by atomic mass is 10.00. The summed E-state index contributed by atoms with van der Waals surface area (Å²) in [4.78, 5) is 14.3. The van der Waals surface area contributed by atoms with Crippen molar-refractivity contribution in [1.82, 2.24) is 0 Å². The summed E-state index contributed by atoms with van der Waals surface area (Å²) >= 11 is 0. The van der Waals surface area contributed by atoms with Crippen LogP contribution >= 0.6 is 0 Å². The fourth-order valence-electron chi connectivity index (χ4n) is 2.77. The molecule has 0 unspecified atom stereocenters. The third kappa shape index (κ3) is 2.49. The fraction of sp³-hybridized carbons (Fsp3) is 0.235. The molecule has 0 aliphatic carbocycles. The zero-order valence-electron chi connectivity index (χ0n) is 11.9. The Balaban J connectivity index is 2.00. The first-order valence-electron chi connectivity index (χ1n) is 7.02. The number of hydrogen-bond donors (Lipinski definition) is 1. The number of fused-ring (bicyclic) bond motifs is 1. The molecule has 0 saturated carbocycles. The molecule has 1 aliphatic rings. The predicted molar refractivity (Wildman–Crippen MR) is 82.0 cm³/mol. The molecule has 2 N–H and O–H groups in total. The Morgan fingerprint density at radius 1 is 1.24 bits per heavy atom. The van der Waals surface area contributed by atoms with Crippen molar-refractivity contribution < 1.29 is 9.18 Å². The molecule has 0 fully saturated rings. The fourth-order valence-corrected chi connectivity index (χ4v) is 2.77.